The van der Waals surface area contributed by atoms with E-state index in [2.05, 4.69) is 26.2 Å². The summed E-state index contributed by atoms with van der Waals surface area (Å²) in [7, 11) is 0. The maximum Gasteiger partial charge on any atom is 0.361 e. The van der Waals surface area contributed by atoms with Crippen LogP contribution < -0.4 is 0 Å². The molecule has 0 aliphatic heterocycles. The Bertz CT molecular complexity index is 894. The van der Waals surface area contributed by atoms with Crippen LogP contribution in [0.15, 0.2) is 53.0 Å². The minimum atomic E-state index is -0.493. The van der Waals surface area contributed by atoms with Gasteiger partial charge in [-0.15, -0.1) is 5.10 Å². The molecule has 0 spiro atoms. The number of benzene rings is 2. The Morgan fingerprint density at radius 2 is 2.00 bits per heavy atom. The minimum Gasteiger partial charge on any atom is -0.461 e. The Labute approximate surface area is 158 Å². The average Bonchev–Trinajstić information content (AvgIpc) is 2.99. The van der Waals surface area contributed by atoms with E-state index in [9.17, 15) is 4.79 Å². The molecule has 0 amide bonds. The van der Waals surface area contributed by atoms with E-state index in [1.807, 2.05) is 36.4 Å². The lowest BCUT2D eigenvalue weighted by atomic mass is 10.1. The summed E-state index contributed by atoms with van der Waals surface area (Å²) in [5.74, 6) is -0.493. The van der Waals surface area contributed by atoms with E-state index >= 15 is 0 Å². The zero-order chi connectivity index (χ0) is 17.8. The fourth-order valence-electron chi connectivity index (χ4n) is 2.46. The average molecular weight is 421 g/mol. The summed E-state index contributed by atoms with van der Waals surface area (Å²) in [6, 6.07) is 15.1. The van der Waals surface area contributed by atoms with Crippen LogP contribution in [0.4, 0.5) is 0 Å². The number of esters is 1. The molecule has 25 heavy (non-hydrogen) atoms. The highest BCUT2D eigenvalue weighted by Crippen LogP contribution is 2.26. The molecule has 128 valence electrons. The van der Waals surface area contributed by atoms with Gasteiger partial charge in [0, 0.05) is 15.1 Å². The van der Waals surface area contributed by atoms with Gasteiger partial charge in [-0.2, -0.15) is 0 Å². The molecule has 0 bridgehead atoms. The van der Waals surface area contributed by atoms with Gasteiger partial charge in [0.15, 0.2) is 5.69 Å². The van der Waals surface area contributed by atoms with Crippen molar-refractivity contribution in [1.29, 1.82) is 0 Å². The molecule has 1 aromatic heterocycles. The number of hydrogen-bond donors (Lipinski definition) is 0. The highest BCUT2D eigenvalue weighted by Gasteiger charge is 2.22. The van der Waals surface area contributed by atoms with E-state index in [0.29, 0.717) is 17.3 Å². The SMILES string of the molecule is CCOC(=O)c1nnn(Cc2cccc(Br)c2)c1-c1ccc(Cl)cc1. The maximum atomic E-state index is 12.3. The number of hydrogen-bond acceptors (Lipinski definition) is 4. The van der Waals surface area contributed by atoms with Gasteiger partial charge in [0.2, 0.25) is 0 Å². The van der Waals surface area contributed by atoms with Crippen molar-refractivity contribution in [3.63, 3.8) is 0 Å². The van der Waals surface area contributed by atoms with Crippen molar-refractivity contribution in [2.45, 2.75) is 13.5 Å². The van der Waals surface area contributed by atoms with Crippen molar-refractivity contribution >= 4 is 33.5 Å². The quantitative estimate of drug-likeness (QED) is 0.567. The van der Waals surface area contributed by atoms with Crippen LogP contribution >= 0.6 is 27.5 Å². The van der Waals surface area contributed by atoms with Crippen LogP contribution in [0.5, 0.6) is 0 Å². The van der Waals surface area contributed by atoms with Gasteiger partial charge < -0.3 is 4.74 Å². The van der Waals surface area contributed by atoms with Crippen molar-refractivity contribution in [3.8, 4) is 11.3 Å². The van der Waals surface area contributed by atoms with Crippen LogP contribution in [0.25, 0.3) is 11.3 Å². The Morgan fingerprint density at radius 1 is 1.24 bits per heavy atom. The topological polar surface area (TPSA) is 57.0 Å². The van der Waals surface area contributed by atoms with Crippen LogP contribution in [-0.4, -0.2) is 27.6 Å². The number of aromatic nitrogens is 3. The van der Waals surface area contributed by atoms with Crippen LogP contribution in [-0.2, 0) is 11.3 Å². The third-order valence-corrected chi connectivity index (χ3v) is 4.29. The second-order valence-electron chi connectivity index (χ2n) is 5.30. The predicted octanol–water partition coefficient (Wildman–Crippen LogP) is 4.59. The second kappa shape index (κ2) is 7.80. The lowest BCUT2D eigenvalue weighted by Crippen LogP contribution is -2.09. The Kier molecular flexibility index (Phi) is 5.50. The smallest absolute Gasteiger partial charge is 0.361 e. The van der Waals surface area contributed by atoms with E-state index in [-0.39, 0.29) is 12.3 Å². The van der Waals surface area contributed by atoms with Gasteiger partial charge in [-0.05, 0) is 36.8 Å². The summed E-state index contributed by atoms with van der Waals surface area (Å²) in [5.41, 5.74) is 2.63. The molecule has 3 aromatic rings. The molecule has 0 saturated heterocycles. The molecule has 3 rings (SSSR count). The lowest BCUT2D eigenvalue weighted by Gasteiger charge is -2.09. The highest BCUT2D eigenvalue weighted by molar-refractivity contribution is 9.10. The van der Waals surface area contributed by atoms with Crippen LogP contribution in [0.2, 0.25) is 5.02 Å². The number of ether oxygens (including phenoxy) is 1. The van der Waals surface area contributed by atoms with Crippen molar-refractivity contribution in [2.75, 3.05) is 6.61 Å². The molecule has 0 unspecified atom stereocenters. The van der Waals surface area contributed by atoms with E-state index in [0.717, 1.165) is 15.6 Å². The van der Waals surface area contributed by atoms with Crippen molar-refractivity contribution in [3.05, 3.63) is 69.3 Å². The van der Waals surface area contributed by atoms with E-state index in [1.54, 1.807) is 23.7 Å². The number of carbonyl (C=O) groups is 1. The van der Waals surface area contributed by atoms with Gasteiger partial charge in [0.1, 0.15) is 5.69 Å². The zero-order valence-corrected chi connectivity index (χ0v) is 15.8. The van der Waals surface area contributed by atoms with Crippen molar-refractivity contribution < 1.29 is 9.53 Å². The Hall–Kier alpha value is -2.18. The first-order valence-corrected chi connectivity index (χ1v) is 8.86. The molecule has 0 aliphatic rings. The standard InChI is InChI=1S/C18H15BrClN3O2/c1-2-25-18(24)16-17(13-6-8-15(20)9-7-13)23(22-21-16)11-12-4-3-5-14(19)10-12/h3-10H,2,11H2,1H3. The van der Waals surface area contributed by atoms with Crippen LogP contribution in [0.3, 0.4) is 0 Å². The number of rotatable bonds is 5. The molecular formula is C18H15BrClN3O2. The second-order valence-corrected chi connectivity index (χ2v) is 6.65. The highest BCUT2D eigenvalue weighted by atomic mass is 79.9. The van der Waals surface area contributed by atoms with E-state index < -0.39 is 5.97 Å². The van der Waals surface area contributed by atoms with Gasteiger partial charge in [-0.25, -0.2) is 9.48 Å². The fourth-order valence-corrected chi connectivity index (χ4v) is 3.04. The van der Waals surface area contributed by atoms with E-state index in [4.69, 9.17) is 16.3 Å². The molecule has 5 nitrogen and oxygen atoms in total. The molecule has 0 fully saturated rings. The van der Waals surface area contributed by atoms with Gasteiger partial charge in [0.25, 0.3) is 0 Å². The first-order chi connectivity index (χ1) is 12.1. The largest absolute Gasteiger partial charge is 0.461 e. The lowest BCUT2D eigenvalue weighted by molar-refractivity contribution is 0.0520. The third-order valence-electron chi connectivity index (χ3n) is 3.54. The maximum absolute atomic E-state index is 12.3. The molecule has 0 aliphatic carbocycles. The molecule has 0 radical (unpaired) electrons. The van der Waals surface area contributed by atoms with Gasteiger partial charge in [-0.3, -0.25) is 0 Å². The fraction of sp³-hybridized carbons (Fsp3) is 0.167. The van der Waals surface area contributed by atoms with Gasteiger partial charge in [0.05, 0.1) is 13.2 Å². The van der Waals surface area contributed by atoms with Gasteiger partial charge >= 0.3 is 5.97 Å². The summed E-state index contributed by atoms with van der Waals surface area (Å²) < 4.78 is 7.78. The molecular weight excluding hydrogens is 406 g/mol. The predicted molar refractivity (Wildman–Crippen MR) is 99.7 cm³/mol. The number of halogens is 2. The Morgan fingerprint density at radius 3 is 2.68 bits per heavy atom. The Balaban J connectivity index is 2.05. The van der Waals surface area contributed by atoms with Crippen LogP contribution in [0.1, 0.15) is 23.0 Å². The first-order valence-electron chi connectivity index (χ1n) is 7.69. The molecule has 0 saturated carbocycles. The van der Waals surface area contributed by atoms with E-state index in [1.165, 1.54) is 0 Å². The number of carbonyl (C=O) groups excluding carboxylic acids is 1. The zero-order valence-electron chi connectivity index (χ0n) is 13.4. The molecule has 7 heteroatoms. The van der Waals surface area contributed by atoms with Gasteiger partial charge in [-0.1, -0.05) is 57.0 Å². The summed E-state index contributed by atoms with van der Waals surface area (Å²) in [4.78, 5) is 12.3. The molecule has 1 heterocycles. The third kappa shape index (κ3) is 4.08. The summed E-state index contributed by atoms with van der Waals surface area (Å²) in [6.07, 6.45) is 0. The van der Waals surface area contributed by atoms with Crippen molar-refractivity contribution in [2.24, 2.45) is 0 Å². The number of nitrogens with zero attached hydrogens (tertiary/aromatic N) is 3. The summed E-state index contributed by atoms with van der Waals surface area (Å²) in [6.45, 7) is 2.51. The minimum absolute atomic E-state index is 0.194. The van der Waals surface area contributed by atoms with Crippen LogP contribution in [0, 0.1) is 0 Å². The molecule has 0 N–H and O–H groups in total. The van der Waals surface area contributed by atoms with Crippen molar-refractivity contribution in [1.82, 2.24) is 15.0 Å². The molecule has 0 atom stereocenters. The first kappa shape index (κ1) is 17.6. The summed E-state index contributed by atoms with van der Waals surface area (Å²) in [5, 5.41) is 8.82. The summed E-state index contributed by atoms with van der Waals surface area (Å²) >= 11 is 9.44. The normalized spacial score (nSPS) is 10.7. The monoisotopic (exact) mass is 419 g/mol. The molecule has 2 aromatic carbocycles.